The molecule has 1 saturated carbocycles. The maximum Gasteiger partial charge on any atom is 0.137 e. The first kappa shape index (κ1) is 13.6. The van der Waals surface area contributed by atoms with E-state index in [1.54, 1.807) is 0 Å². The van der Waals surface area contributed by atoms with Crippen LogP contribution >= 0.6 is 11.6 Å². The highest BCUT2D eigenvalue weighted by atomic mass is 35.5. The Labute approximate surface area is 114 Å². The molecule has 2 rings (SSSR count). The van der Waals surface area contributed by atoms with Gasteiger partial charge in [0.2, 0.25) is 0 Å². The molecule has 0 unspecified atom stereocenters. The average Bonchev–Trinajstić information content (AvgIpc) is 2.67. The third-order valence-corrected chi connectivity index (χ3v) is 5.37. The van der Waals surface area contributed by atoms with Crippen molar-refractivity contribution in [1.82, 2.24) is 9.97 Å². The van der Waals surface area contributed by atoms with Gasteiger partial charge in [-0.05, 0) is 23.2 Å². The Kier molecular flexibility index (Phi) is 3.30. The van der Waals surface area contributed by atoms with Crippen molar-refractivity contribution in [2.75, 3.05) is 11.9 Å². The molecule has 0 spiro atoms. The fraction of sp³-hybridized carbons (Fsp3) is 0.714. The molecule has 1 heterocycles. The molecule has 1 aliphatic rings. The molecule has 0 radical (unpaired) electrons. The number of rotatable bonds is 4. The topological polar surface area (TPSA) is 37.8 Å². The predicted molar refractivity (Wildman–Crippen MR) is 76.0 cm³/mol. The van der Waals surface area contributed by atoms with Crippen LogP contribution in [-0.4, -0.2) is 16.5 Å². The highest BCUT2D eigenvalue weighted by molar-refractivity contribution is 6.30. The third-order valence-electron chi connectivity index (χ3n) is 5.04. The van der Waals surface area contributed by atoms with Crippen LogP contribution in [0.3, 0.4) is 0 Å². The van der Waals surface area contributed by atoms with Gasteiger partial charge in [0.15, 0.2) is 0 Å². The van der Waals surface area contributed by atoms with Crippen molar-refractivity contribution in [1.29, 1.82) is 0 Å². The highest BCUT2D eigenvalue weighted by Crippen LogP contribution is 2.68. The van der Waals surface area contributed by atoms with Gasteiger partial charge in [-0.15, -0.1) is 0 Å². The molecule has 0 aromatic carbocycles. The van der Waals surface area contributed by atoms with Gasteiger partial charge in [0.05, 0.1) is 0 Å². The van der Waals surface area contributed by atoms with Crippen molar-refractivity contribution in [2.45, 2.75) is 41.0 Å². The van der Waals surface area contributed by atoms with Crippen LogP contribution in [0.4, 0.5) is 5.82 Å². The molecule has 18 heavy (non-hydrogen) atoms. The van der Waals surface area contributed by atoms with E-state index in [2.05, 4.69) is 49.9 Å². The monoisotopic (exact) mass is 267 g/mol. The summed E-state index contributed by atoms with van der Waals surface area (Å²) in [6.45, 7) is 12.3. The largest absolute Gasteiger partial charge is 0.369 e. The van der Waals surface area contributed by atoms with Gasteiger partial charge in [-0.3, -0.25) is 0 Å². The Morgan fingerprint density at radius 1 is 1.22 bits per heavy atom. The molecule has 0 amide bonds. The van der Waals surface area contributed by atoms with Gasteiger partial charge >= 0.3 is 0 Å². The fourth-order valence-corrected chi connectivity index (χ4v) is 3.17. The molecule has 4 heteroatoms. The molecule has 0 bridgehead atoms. The first-order valence-electron chi connectivity index (χ1n) is 6.55. The van der Waals surface area contributed by atoms with Gasteiger partial charge in [0, 0.05) is 12.1 Å². The van der Waals surface area contributed by atoms with Crippen molar-refractivity contribution < 1.29 is 0 Å². The lowest BCUT2D eigenvalue weighted by Crippen LogP contribution is -2.11. The number of nitrogens with one attached hydrogen (secondary N) is 1. The van der Waals surface area contributed by atoms with E-state index >= 15 is 0 Å². The summed E-state index contributed by atoms with van der Waals surface area (Å²) >= 11 is 6.08. The lowest BCUT2D eigenvalue weighted by molar-refractivity contribution is 0.457. The molecule has 1 aromatic heterocycles. The molecular formula is C14H22ClN3. The molecule has 1 N–H and O–H groups in total. The van der Waals surface area contributed by atoms with E-state index in [-0.39, 0.29) is 0 Å². The lowest BCUT2D eigenvalue weighted by atomic mass is 10.0. The first-order chi connectivity index (χ1) is 8.32. The highest BCUT2D eigenvalue weighted by Gasteiger charge is 2.64. The maximum absolute atomic E-state index is 6.08. The van der Waals surface area contributed by atoms with Crippen LogP contribution in [0.25, 0.3) is 0 Å². The molecule has 100 valence electrons. The normalized spacial score (nSPS) is 20.8. The zero-order chi connectivity index (χ0) is 13.6. The lowest BCUT2D eigenvalue weighted by Gasteiger charge is -2.11. The predicted octanol–water partition coefficient (Wildman–Crippen LogP) is 3.79. The fourth-order valence-electron chi connectivity index (χ4n) is 2.90. The molecular weight excluding hydrogens is 246 g/mol. The number of hydrogen-bond donors (Lipinski definition) is 1. The van der Waals surface area contributed by atoms with Crippen molar-refractivity contribution in [3.63, 3.8) is 0 Å². The molecule has 1 fully saturated rings. The summed E-state index contributed by atoms with van der Waals surface area (Å²) < 4.78 is 0. The van der Waals surface area contributed by atoms with E-state index < -0.39 is 0 Å². The Bertz CT molecular complexity index is 440. The van der Waals surface area contributed by atoms with Crippen LogP contribution in [-0.2, 0) is 6.42 Å². The van der Waals surface area contributed by atoms with Gasteiger partial charge < -0.3 is 5.32 Å². The van der Waals surface area contributed by atoms with Gasteiger partial charge in [-0.25, -0.2) is 9.97 Å². The van der Waals surface area contributed by atoms with Crippen molar-refractivity contribution in [2.24, 2.45) is 16.7 Å². The third kappa shape index (κ3) is 1.99. The number of aromatic nitrogens is 2. The SMILES string of the molecule is CCc1c(Cl)ncnc1NCC1C(C)(C)C1(C)C. The van der Waals surface area contributed by atoms with Crippen LogP contribution in [0.2, 0.25) is 5.15 Å². The van der Waals surface area contributed by atoms with Crippen LogP contribution < -0.4 is 5.32 Å². The summed E-state index contributed by atoms with van der Waals surface area (Å²) in [6, 6.07) is 0. The molecule has 1 aromatic rings. The maximum atomic E-state index is 6.08. The number of hydrogen-bond acceptors (Lipinski definition) is 3. The zero-order valence-corrected chi connectivity index (χ0v) is 12.6. The molecule has 1 aliphatic carbocycles. The number of nitrogens with zero attached hydrogens (tertiary/aromatic N) is 2. The summed E-state index contributed by atoms with van der Waals surface area (Å²) in [5, 5.41) is 4.00. The van der Waals surface area contributed by atoms with Crippen LogP contribution in [0.15, 0.2) is 6.33 Å². The van der Waals surface area contributed by atoms with Gasteiger partial charge in [-0.2, -0.15) is 0 Å². The summed E-state index contributed by atoms with van der Waals surface area (Å²) in [5.74, 6) is 1.56. The Morgan fingerprint density at radius 3 is 2.33 bits per heavy atom. The second-order valence-electron chi connectivity index (χ2n) is 6.22. The molecule has 0 aliphatic heterocycles. The number of halogens is 1. The minimum absolute atomic E-state index is 0.392. The van der Waals surface area contributed by atoms with Crippen molar-refractivity contribution in [3.8, 4) is 0 Å². The van der Waals surface area contributed by atoms with Gasteiger partial charge in [0.1, 0.15) is 17.3 Å². The first-order valence-corrected chi connectivity index (χ1v) is 6.93. The average molecular weight is 268 g/mol. The molecule has 3 nitrogen and oxygen atoms in total. The van der Waals surface area contributed by atoms with Gasteiger partial charge in [0.25, 0.3) is 0 Å². The van der Waals surface area contributed by atoms with E-state index in [0.717, 1.165) is 24.3 Å². The van der Waals surface area contributed by atoms with E-state index in [1.165, 1.54) is 6.33 Å². The van der Waals surface area contributed by atoms with Crippen molar-refractivity contribution >= 4 is 17.4 Å². The van der Waals surface area contributed by atoms with Crippen LogP contribution in [0.1, 0.15) is 40.2 Å². The Morgan fingerprint density at radius 2 is 1.83 bits per heavy atom. The zero-order valence-electron chi connectivity index (χ0n) is 11.8. The second-order valence-corrected chi connectivity index (χ2v) is 6.58. The second kappa shape index (κ2) is 4.37. The standard InChI is InChI=1S/C14H22ClN3/c1-6-9-11(15)17-8-18-12(9)16-7-10-13(2,3)14(10,4)5/h8,10H,6-7H2,1-5H3,(H,16,17,18). The van der Waals surface area contributed by atoms with E-state index in [4.69, 9.17) is 11.6 Å². The minimum atomic E-state index is 0.392. The minimum Gasteiger partial charge on any atom is -0.369 e. The summed E-state index contributed by atoms with van der Waals surface area (Å²) in [7, 11) is 0. The van der Waals surface area contributed by atoms with E-state index in [0.29, 0.717) is 21.9 Å². The summed E-state index contributed by atoms with van der Waals surface area (Å²) in [4.78, 5) is 8.32. The van der Waals surface area contributed by atoms with Crippen LogP contribution in [0.5, 0.6) is 0 Å². The molecule has 0 saturated heterocycles. The smallest absolute Gasteiger partial charge is 0.137 e. The van der Waals surface area contributed by atoms with Crippen LogP contribution in [0, 0.1) is 16.7 Å². The summed E-state index contributed by atoms with van der Waals surface area (Å²) in [5.41, 5.74) is 1.79. The quantitative estimate of drug-likeness (QED) is 0.844. The van der Waals surface area contributed by atoms with E-state index in [1.807, 2.05) is 0 Å². The molecule has 0 atom stereocenters. The Hall–Kier alpha value is -0.830. The Balaban J connectivity index is 2.07. The van der Waals surface area contributed by atoms with Gasteiger partial charge in [-0.1, -0.05) is 46.2 Å². The number of anilines is 1. The summed E-state index contributed by atoms with van der Waals surface area (Å²) in [6.07, 6.45) is 2.37. The van der Waals surface area contributed by atoms with Crippen molar-refractivity contribution in [3.05, 3.63) is 17.0 Å². The van der Waals surface area contributed by atoms with E-state index in [9.17, 15) is 0 Å².